The first kappa shape index (κ1) is 18.1. The van der Waals surface area contributed by atoms with Crippen LogP contribution in [0.25, 0.3) is 0 Å². The molecule has 0 radical (unpaired) electrons. The Bertz CT molecular complexity index is 681. The molecule has 7 heteroatoms. The van der Waals surface area contributed by atoms with Gasteiger partial charge in [0.25, 0.3) is 0 Å². The van der Waals surface area contributed by atoms with Gasteiger partial charge in [0, 0.05) is 12.1 Å². The van der Waals surface area contributed by atoms with E-state index in [-0.39, 0.29) is 11.7 Å². The number of nitrogens with zero attached hydrogens (tertiary/aromatic N) is 1. The van der Waals surface area contributed by atoms with Crippen LogP contribution in [-0.4, -0.2) is 40.7 Å². The van der Waals surface area contributed by atoms with Crippen molar-refractivity contribution in [1.29, 1.82) is 0 Å². The molecular formula is C17H21N3O3S. The van der Waals surface area contributed by atoms with Crippen LogP contribution in [0.15, 0.2) is 35.5 Å². The molecule has 0 unspecified atom stereocenters. The zero-order chi connectivity index (χ0) is 17.5. The number of carbonyl (C=O) groups excluding carboxylic acids is 2. The molecule has 1 aromatic heterocycles. The molecule has 0 aliphatic carbocycles. The number of thioether (sulfide) groups is 1. The van der Waals surface area contributed by atoms with Crippen LogP contribution < -0.4 is 5.32 Å². The van der Waals surface area contributed by atoms with Crippen molar-refractivity contribution in [2.75, 3.05) is 12.9 Å². The topological polar surface area (TPSA) is 84.1 Å². The quantitative estimate of drug-likeness (QED) is 0.591. The van der Waals surface area contributed by atoms with E-state index >= 15 is 0 Å². The Morgan fingerprint density at radius 1 is 1.29 bits per heavy atom. The second-order valence-corrected chi connectivity index (χ2v) is 6.34. The van der Waals surface area contributed by atoms with E-state index in [1.807, 2.05) is 44.2 Å². The van der Waals surface area contributed by atoms with Gasteiger partial charge in [-0.3, -0.25) is 4.79 Å². The van der Waals surface area contributed by atoms with Crippen LogP contribution in [0.1, 0.15) is 17.0 Å². The van der Waals surface area contributed by atoms with Crippen molar-refractivity contribution in [1.82, 2.24) is 15.3 Å². The molecule has 2 aromatic rings. The SMILES string of the molecule is COC(=O)[C@H](Cc1ccccc1)NC(=O)CSc1nc(C)c(C)[nH]1. The van der Waals surface area contributed by atoms with Gasteiger partial charge in [-0.05, 0) is 19.4 Å². The summed E-state index contributed by atoms with van der Waals surface area (Å²) in [6.07, 6.45) is 0.392. The lowest BCUT2D eigenvalue weighted by atomic mass is 10.1. The van der Waals surface area contributed by atoms with E-state index in [0.29, 0.717) is 11.6 Å². The molecule has 0 aliphatic rings. The summed E-state index contributed by atoms with van der Waals surface area (Å²) in [5.41, 5.74) is 2.85. The van der Waals surface area contributed by atoms with Gasteiger partial charge in [0.1, 0.15) is 6.04 Å². The molecule has 2 N–H and O–H groups in total. The highest BCUT2D eigenvalue weighted by molar-refractivity contribution is 7.99. The summed E-state index contributed by atoms with van der Waals surface area (Å²) in [6.45, 7) is 3.84. The molecule has 0 bridgehead atoms. The van der Waals surface area contributed by atoms with Crippen molar-refractivity contribution in [3.05, 3.63) is 47.3 Å². The summed E-state index contributed by atoms with van der Waals surface area (Å²) in [5.74, 6) is -0.519. The summed E-state index contributed by atoms with van der Waals surface area (Å²) in [4.78, 5) is 31.5. The molecule has 1 amide bonds. The van der Waals surface area contributed by atoms with Crippen molar-refractivity contribution < 1.29 is 14.3 Å². The molecule has 1 atom stereocenters. The molecule has 6 nitrogen and oxygen atoms in total. The van der Waals surface area contributed by atoms with Gasteiger partial charge in [0.05, 0.1) is 18.6 Å². The molecule has 1 heterocycles. The van der Waals surface area contributed by atoms with Crippen LogP contribution in [0.4, 0.5) is 0 Å². The minimum absolute atomic E-state index is 0.175. The first-order valence-corrected chi connectivity index (χ1v) is 8.55. The number of hydrogen-bond donors (Lipinski definition) is 2. The van der Waals surface area contributed by atoms with E-state index in [0.717, 1.165) is 17.0 Å². The van der Waals surface area contributed by atoms with Gasteiger partial charge in [-0.1, -0.05) is 42.1 Å². The maximum atomic E-state index is 12.1. The lowest BCUT2D eigenvalue weighted by Gasteiger charge is -2.16. The Balaban J connectivity index is 1.93. The predicted molar refractivity (Wildman–Crippen MR) is 92.9 cm³/mol. The minimum Gasteiger partial charge on any atom is -0.467 e. The molecule has 0 saturated carbocycles. The van der Waals surface area contributed by atoms with Crippen molar-refractivity contribution in [2.24, 2.45) is 0 Å². The van der Waals surface area contributed by atoms with Crippen molar-refractivity contribution >= 4 is 23.6 Å². The van der Waals surface area contributed by atoms with Crippen molar-refractivity contribution in [2.45, 2.75) is 31.5 Å². The van der Waals surface area contributed by atoms with E-state index in [2.05, 4.69) is 15.3 Å². The van der Waals surface area contributed by atoms with Crippen LogP contribution in [0, 0.1) is 13.8 Å². The number of aryl methyl sites for hydroxylation is 2. The number of carbonyl (C=O) groups is 2. The van der Waals surface area contributed by atoms with E-state index < -0.39 is 12.0 Å². The van der Waals surface area contributed by atoms with Gasteiger partial charge in [0.2, 0.25) is 5.91 Å². The second-order valence-electron chi connectivity index (χ2n) is 5.37. The molecular weight excluding hydrogens is 326 g/mol. The zero-order valence-corrected chi connectivity index (χ0v) is 14.8. The molecule has 2 rings (SSSR count). The summed E-state index contributed by atoms with van der Waals surface area (Å²) in [7, 11) is 1.32. The summed E-state index contributed by atoms with van der Waals surface area (Å²) >= 11 is 1.30. The summed E-state index contributed by atoms with van der Waals surface area (Å²) < 4.78 is 4.79. The summed E-state index contributed by atoms with van der Waals surface area (Å²) in [6, 6.07) is 8.80. The van der Waals surface area contributed by atoms with Crippen molar-refractivity contribution in [3.63, 3.8) is 0 Å². The zero-order valence-electron chi connectivity index (χ0n) is 14.0. The fourth-order valence-corrected chi connectivity index (χ4v) is 2.92. The standard InChI is InChI=1S/C17H21N3O3S/c1-11-12(2)19-17(18-11)24-10-15(21)20-14(16(22)23-3)9-13-7-5-4-6-8-13/h4-8,14H,9-10H2,1-3H3,(H,18,19)(H,20,21)/t14-/m0/s1. The third-order valence-electron chi connectivity index (χ3n) is 3.55. The first-order chi connectivity index (χ1) is 11.5. The second kappa shape index (κ2) is 8.54. The lowest BCUT2D eigenvalue weighted by molar-refractivity contribution is -0.144. The molecule has 0 saturated heterocycles. The average molecular weight is 347 g/mol. The lowest BCUT2D eigenvalue weighted by Crippen LogP contribution is -2.43. The van der Waals surface area contributed by atoms with E-state index in [1.54, 1.807) is 0 Å². The number of hydrogen-bond acceptors (Lipinski definition) is 5. The average Bonchev–Trinajstić information content (AvgIpc) is 2.91. The van der Waals surface area contributed by atoms with Gasteiger partial charge in [-0.25, -0.2) is 9.78 Å². The Hall–Kier alpha value is -2.28. The van der Waals surface area contributed by atoms with E-state index in [4.69, 9.17) is 4.74 Å². The largest absolute Gasteiger partial charge is 0.467 e. The predicted octanol–water partition coefficient (Wildman–Crippen LogP) is 2.02. The van der Waals surface area contributed by atoms with Gasteiger partial charge in [0.15, 0.2) is 5.16 Å². The highest BCUT2D eigenvalue weighted by Crippen LogP contribution is 2.16. The normalized spacial score (nSPS) is 11.8. The number of aromatic nitrogens is 2. The number of rotatable bonds is 7. The molecule has 1 aromatic carbocycles. The fourth-order valence-electron chi connectivity index (χ4n) is 2.14. The van der Waals surface area contributed by atoms with Crippen LogP contribution in [0.3, 0.4) is 0 Å². The first-order valence-electron chi connectivity index (χ1n) is 7.56. The smallest absolute Gasteiger partial charge is 0.328 e. The summed E-state index contributed by atoms with van der Waals surface area (Å²) in [5, 5.41) is 3.42. The number of amides is 1. The number of benzene rings is 1. The van der Waals surface area contributed by atoms with E-state index in [9.17, 15) is 9.59 Å². The van der Waals surface area contributed by atoms with Gasteiger partial charge in [-0.15, -0.1) is 0 Å². The number of methoxy groups -OCH3 is 1. The van der Waals surface area contributed by atoms with Gasteiger partial charge in [-0.2, -0.15) is 0 Å². The Morgan fingerprint density at radius 3 is 2.58 bits per heavy atom. The number of aromatic amines is 1. The Kier molecular flexibility index (Phi) is 6.43. The monoisotopic (exact) mass is 347 g/mol. The van der Waals surface area contributed by atoms with Crippen molar-refractivity contribution in [3.8, 4) is 0 Å². The number of imidazole rings is 1. The molecule has 0 aliphatic heterocycles. The van der Waals surface area contributed by atoms with Gasteiger partial charge >= 0.3 is 5.97 Å². The Morgan fingerprint density at radius 2 is 2.00 bits per heavy atom. The molecule has 24 heavy (non-hydrogen) atoms. The number of H-pyrrole nitrogens is 1. The maximum Gasteiger partial charge on any atom is 0.328 e. The third-order valence-corrected chi connectivity index (χ3v) is 4.42. The molecule has 0 fully saturated rings. The fraction of sp³-hybridized carbons (Fsp3) is 0.353. The van der Waals surface area contributed by atoms with E-state index in [1.165, 1.54) is 18.9 Å². The molecule has 128 valence electrons. The number of esters is 1. The highest BCUT2D eigenvalue weighted by Gasteiger charge is 2.22. The maximum absolute atomic E-state index is 12.1. The number of nitrogens with one attached hydrogen (secondary N) is 2. The van der Waals surface area contributed by atoms with Crippen LogP contribution in [0.2, 0.25) is 0 Å². The van der Waals surface area contributed by atoms with Crippen LogP contribution in [-0.2, 0) is 20.7 Å². The van der Waals surface area contributed by atoms with Crippen LogP contribution in [0.5, 0.6) is 0 Å². The minimum atomic E-state index is -0.703. The highest BCUT2D eigenvalue weighted by atomic mass is 32.2. The van der Waals surface area contributed by atoms with Crippen LogP contribution >= 0.6 is 11.8 Å². The number of ether oxygens (including phenoxy) is 1. The third kappa shape index (κ3) is 5.13. The van der Waals surface area contributed by atoms with Gasteiger partial charge < -0.3 is 15.0 Å². The Labute approximate surface area is 145 Å². The molecule has 0 spiro atoms.